The van der Waals surface area contributed by atoms with Gasteiger partial charge in [-0.2, -0.15) is 5.10 Å². The minimum Gasteiger partial charge on any atom is -0.396 e. The average molecular weight is 281 g/mol. The lowest BCUT2D eigenvalue weighted by molar-refractivity contribution is 0.243. The highest BCUT2D eigenvalue weighted by Gasteiger charge is 2.21. The molecule has 0 saturated heterocycles. The second kappa shape index (κ2) is 6.72. The number of nitrogens with zero attached hydrogens (tertiary/aromatic N) is 2. The molecule has 1 rings (SSSR count). The first-order valence-corrected chi connectivity index (χ1v) is 7.58. The standard InChI is InChI=1S/C16H31N3O/c1-11(2)15(8-9-20)17-10-14-12(3)18-19(13(14)4)16(5,6)7/h11,15,17,20H,8-10H2,1-7H3. The molecule has 0 aliphatic carbocycles. The molecular weight excluding hydrogens is 250 g/mol. The highest BCUT2D eigenvalue weighted by atomic mass is 16.3. The highest BCUT2D eigenvalue weighted by Crippen LogP contribution is 2.21. The molecule has 0 fully saturated rings. The number of hydrogen-bond acceptors (Lipinski definition) is 3. The van der Waals surface area contributed by atoms with E-state index in [4.69, 9.17) is 5.11 Å². The Kier molecular flexibility index (Phi) is 5.78. The summed E-state index contributed by atoms with van der Waals surface area (Å²) in [7, 11) is 0. The summed E-state index contributed by atoms with van der Waals surface area (Å²) in [5.41, 5.74) is 3.62. The molecule has 0 spiro atoms. The Morgan fingerprint density at radius 1 is 1.25 bits per heavy atom. The SMILES string of the molecule is Cc1nn(C(C)(C)C)c(C)c1CNC(CCO)C(C)C. The van der Waals surface area contributed by atoms with Crippen LogP contribution >= 0.6 is 0 Å². The van der Waals surface area contributed by atoms with Crippen LogP contribution in [0, 0.1) is 19.8 Å². The lowest BCUT2D eigenvalue weighted by atomic mass is 10.0. The van der Waals surface area contributed by atoms with Crippen molar-refractivity contribution in [2.45, 2.75) is 73.0 Å². The van der Waals surface area contributed by atoms with Crippen molar-refractivity contribution in [2.24, 2.45) is 5.92 Å². The van der Waals surface area contributed by atoms with Gasteiger partial charge in [0.1, 0.15) is 0 Å². The number of rotatable bonds is 6. The van der Waals surface area contributed by atoms with Crippen LogP contribution in [0.4, 0.5) is 0 Å². The Labute approximate surface area is 123 Å². The van der Waals surface area contributed by atoms with Gasteiger partial charge in [-0.05, 0) is 47.0 Å². The Morgan fingerprint density at radius 2 is 1.85 bits per heavy atom. The quantitative estimate of drug-likeness (QED) is 0.843. The van der Waals surface area contributed by atoms with E-state index in [0.717, 1.165) is 18.7 Å². The molecule has 4 nitrogen and oxygen atoms in total. The number of aliphatic hydroxyl groups excluding tert-OH is 1. The minimum absolute atomic E-state index is 0.00956. The predicted molar refractivity (Wildman–Crippen MR) is 83.9 cm³/mol. The fourth-order valence-electron chi connectivity index (χ4n) is 2.63. The Morgan fingerprint density at radius 3 is 2.25 bits per heavy atom. The summed E-state index contributed by atoms with van der Waals surface area (Å²) in [4.78, 5) is 0. The van der Waals surface area contributed by atoms with Crippen molar-refractivity contribution in [3.05, 3.63) is 17.0 Å². The minimum atomic E-state index is 0.00956. The van der Waals surface area contributed by atoms with Crippen LogP contribution in [0.2, 0.25) is 0 Å². The molecule has 20 heavy (non-hydrogen) atoms. The van der Waals surface area contributed by atoms with Crippen LogP contribution in [0.25, 0.3) is 0 Å². The molecule has 1 atom stereocenters. The molecule has 1 aromatic heterocycles. The molecule has 0 aromatic carbocycles. The van der Waals surface area contributed by atoms with E-state index >= 15 is 0 Å². The predicted octanol–water partition coefficient (Wildman–Crippen LogP) is 2.75. The van der Waals surface area contributed by atoms with E-state index < -0.39 is 0 Å². The fourth-order valence-corrected chi connectivity index (χ4v) is 2.63. The van der Waals surface area contributed by atoms with Gasteiger partial charge < -0.3 is 10.4 Å². The number of aliphatic hydroxyl groups is 1. The van der Waals surface area contributed by atoms with Crippen molar-refractivity contribution < 1.29 is 5.11 Å². The molecule has 4 heteroatoms. The van der Waals surface area contributed by atoms with Crippen molar-refractivity contribution >= 4 is 0 Å². The van der Waals surface area contributed by atoms with E-state index in [0.29, 0.717) is 12.0 Å². The lowest BCUT2D eigenvalue weighted by Crippen LogP contribution is -2.34. The molecule has 1 aromatic rings. The summed E-state index contributed by atoms with van der Waals surface area (Å²) >= 11 is 0. The van der Waals surface area contributed by atoms with Crippen LogP contribution in [-0.2, 0) is 12.1 Å². The number of aryl methyl sites for hydroxylation is 1. The third-order valence-corrected chi connectivity index (χ3v) is 3.86. The largest absolute Gasteiger partial charge is 0.396 e. The van der Waals surface area contributed by atoms with E-state index in [2.05, 4.69) is 63.6 Å². The molecule has 1 unspecified atom stereocenters. The van der Waals surface area contributed by atoms with Gasteiger partial charge >= 0.3 is 0 Å². The van der Waals surface area contributed by atoms with E-state index in [9.17, 15) is 0 Å². The van der Waals surface area contributed by atoms with Crippen molar-refractivity contribution in [3.63, 3.8) is 0 Å². The Balaban J connectivity index is 2.85. The van der Waals surface area contributed by atoms with E-state index in [-0.39, 0.29) is 12.1 Å². The number of hydrogen-bond donors (Lipinski definition) is 2. The molecule has 1 heterocycles. The lowest BCUT2D eigenvalue weighted by Gasteiger charge is -2.23. The van der Waals surface area contributed by atoms with Crippen LogP contribution in [0.1, 0.15) is 58.0 Å². The summed E-state index contributed by atoms with van der Waals surface area (Å²) < 4.78 is 2.11. The first-order chi connectivity index (χ1) is 9.18. The van der Waals surface area contributed by atoms with Crippen LogP contribution in [-0.4, -0.2) is 27.5 Å². The molecule has 0 bridgehead atoms. The maximum atomic E-state index is 9.15. The molecule has 0 saturated carbocycles. The monoisotopic (exact) mass is 281 g/mol. The smallest absolute Gasteiger partial charge is 0.0641 e. The van der Waals surface area contributed by atoms with E-state index in [1.54, 1.807) is 0 Å². The molecule has 2 N–H and O–H groups in total. The van der Waals surface area contributed by atoms with Crippen molar-refractivity contribution in [3.8, 4) is 0 Å². The Bertz CT molecular complexity index is 430. The third kappa shape index (κ3) is 4.06. The number of aromatic nitrogens is 2. The average Bonchev–Trinajstić information content (AvgIpc) is 2.60. The van der Waals surface area contributed by atoms with Crippen molar-refractivity contribution in [1.29, 1.82) is 0 Å². The van der Waals surface area contributed by atoms with Gasteiger partial charge in [-0.3, -0.25) is 4.68 Å². The van der Waals surface area contributed by atoms with Crippen molar-refractivity contribution in [1.82, 2.24) is 15.1 Å². The highest BCUT2D eigenvalue weighted by molar-refractivity contribution is 5.25. The Hall–Kier alpha value is -0.870. The van der Waals surface area contributed by atoms with Gasteiger partial charge in [-0.1, -0.05) is 13.8 Å². The van der Waals surface area contributed by atoms with Crippen LogP contribution in [0.5, 0.6) is 0 Å². The summed E-state index contributed by atoms with van der Waals surface area (Å²) in [6.45, 7) is 16.1. The third-order valence-electron chi connectivity index (χ3n) is 3.86. The summed E-state index contributed by atoms with van der Waals surface area (Å²) in [6.07, 6.45) is 0.795. The van der Waals surface area contributed by atoms with E-state index in [1.165, 1.54) is 11.3 Å². The van der Waals surface area contributed by atoms with Gasteiger partial charge in [-0.25, -0.2) is 0 Å². The normalized spacial score (nSPS) is 14.1. The van der Waals surface area contributed by atoms with Gasteiger partial charge in [0.2, 0.25) is 0 Å². The summed E-state index contributed by atoms with van der Waals surface area (Å²) in [5.74, 6) is 0.514. The maximum absolute atomic E-state index is 9.15. The second-order valence-corrected chi connectivity index (χ2v) is 6.98. The van der Waals surface area contributed by atoms with Crippen LogP contribution < -0.4 is 5.32 Å². The summed E-state index contributed by atoms with van der Waals surface area (Å²) in [6, 6.07) is 0.344. The van der Waals surface area contributed by atoms with E-state index in [1.807, 2.05) is 0 Å². The van der Waals surface area contributed by atoms with Gasteiger partial charge in [-0.15, -0.1) is 0 Å². The first-order valence-electron chi connectivity index (χ1n) is 7.58. The zero-order chi connectivity index (χ0) is 15.5. The zero-order valence-electron chi connectivity index (χ0n) is 14.1. The molecular formula is C16H31N3O. The number of nitrogens with one attached hydrogen (secondary N) is 1. The summed E-state index contributed by atoms with van der Waals surface area (Å²) in [5, 5.41) is 17.4. The van der Waals surface area contributed by atoms with Gasteiger partial charge in [0, 0.05) is 30.5 Å². The van der Waals surface area contributed by atoms with Gasteiger partial charge in [0.05, 0.1) is 11.2 Å². The van der Waals surface area contributed by atoms with Gasteiger partial charge in [0.25, 0.3) is 0 Å². The molecule has 0 radical (unpaired) electrons. The molecule has 0 aliphatic rings. The fraction of sp³-hybridized carbons (Fsp3) is 0.812. The van der Waals surface area contributed by atoms with Crippen LogP contribution in [0.15, 0.2) is 0 Å². The zero-order valence-corrected chi connectivity index (χ0v) is 14.1. The van der Waals surface area contributed by atoms with Crippen molar-refractivity contribution in [2.75, 3.05) is 6.61 Å². The molecule has 0 aliphatic heterocycles. The molecule has 116 valence electrons. The second-order valence-electron chi connectivity index (χ2n) is 6.98. The maximum Gasteiger partial charge on any atom is 0.0641 e. The van der Waals surface area contributed by atoms with Gasteiger partial charge in [0.15, 0.2) is 0 Å². The first kappa shape index (κ1) is 17.2. The topological polar surface area (TPSA) is 50.1 Å². The molecule has 0 amide bonds. The van der Waals surface area contributed by atoms with Crippen LogP contribution in [0.3, 0.4) is 0 Å².